The first-order chi connectivity index (χ1) is 10.4. The van der Waals surface area contributed by atoms with Crippen molar-refractivity contribution in [3.05, 3.63) is 48.2 Å². The van der Waals surface area contributed by atoms with Crippen LogP contribution in [0.2, 0.25) is 0 Å². The topological polar surface area (TPSA) is 106 Å². The Balaban J connectivity index is 2.36. The molecule has 22 heavy (non-hydrogen) atoms. The maximum Gasteiger partial charge on any atom is 0.335 e. The molecule has 0 fully saturated rings. The maximum absolute atomic E-state index is 12.3. The third-order valence-electron chi connectivity index (χ3n) is 2.69. The summed E-state index contributed by atoms with van der Waals surface area (Å²) in [7, 11) is -3.94. The van der Waals surface area contributed by atoms with Gasteiger partial charge in [0.1, 0.15) is 5.69 Å². The Kier molecular flexibility index (Phi) is 4.62. The van der Waals surface area contributed by atoms with E-state index >= 15 is 0 Å². The number of carboxylic acids is 1. The van der Waals surface area contributed by atoms with Gasteiger partial charge in [0.2, 0.25) is 5.88 Å². The predicted octanol–water partition coefficient (Wildman–Crippen LogP) is 1.98. The number of rotatable bonds is 6. The molecule has 1 aromatic carbocycles. The van der Waals surface area contributed by atoms with Gasteiger partial charge in [-0.3, -0.25) is 4.72 Å². The van der Waals surface area contributed by atoms with Crippen LogP contribution in [0.3, 0.4) is 0 Å². The molecule has 2 N–H and O–H groups in total. The van der Waals surface area contributed by atoms with Crippen molar-refractivity contribution in [2.45, 2.75) is 11.8 Å². The number of carbonyl (C=O) groups is 1. The summed E-state index contributed by atoms with van der Waals surface area (Å²) in [6.07, 6.45) is 1.48. The molecule has 0 saturated heterocycles. The largest absolute Gasteiger partial charge is 0.478 e. The summed E-state index contributed by atoms with van der Waals surface area (Å²) in [6.45, 7) is 2.09. The third-order valence-corrected chi connectivity index (χ3v) is 4.05. The van der Waals surface area contributed by atoms with Gasteiger partial charge in [0.05, 0.1) is 17.1 Å². The van der Waals surface area contributed by atoms with Gasteiger partial charge < -0.3 is 9.84 Å². The van der Waals surface area contributed by atoms with Gasteiger partial charge in [-0.05, 0) is 37.3 Å². The Hall–Kier alpha value is -2.61. The quantitative estimate of drug-likeness (QED) is 0.842. The summed E-state index contributed by atoms with van der Waals surface area (Å²) >= 11 is 0. The third kappa shape index (κ3) is 3.53. The number of aromatic nitrogens is 1. The first-order valence-electron chi connectivity index (χ1n) is 6.38. The summed E-state index contributed by atoms with van der Waals surface area (Å²) < 4.78 is 32.3. The number of aromatic carboxylic acids is 1. The Morgan fingerprint density at radius 2 is 2.09 bits per heavy atom. The molecule has 0 spiro atoms. The monoisotopic (exact) mass is 322 g/mol. The average molecular weight is 322 g/mol. The first-order valence-corrected chi connectivity index (χ1v) is 7.86. The highest BCUT2D eigenvalue weighted by molar-refractivity contribution is 7.92. The Bertz CT molecular complexity index is 789. The number of nitrogens with zero attached hydrogens (tertiary/aromatic N) is 1. The van der Waals surface area contributed by atoms with Crippen LogP contribution < -0.4 is 9.46 Å². The zero-order chi connectivity index (χ0) is 16.2. The molecule has 0 aliphatic carbocycles. The van der Waals surface area contributed by atoms with E-state index in [-0.39, 0.29) is 22.0 Å². The molecular formula is C14H14N2O5S. The summed E-state index contributed by atoms with van der Waals surface area (Å²) in [5, 5.41) is 8.93. The van der Waals surface area contributed by atoms with Crippen molar-refractivity contribution in [2.24, 2.45) is 0 Å². The number of hydrogen-bond donors (Lipinski definition) is 2. The minimum Gasteiger partial charge on any atom is -0.478 e. The summed E-state index contributed by atoms with van der Waals surface area (Å²) in [5.74, 6) is -1.05. The molecule has 0 bridgehead atoms. The molecule has 0 unspecified atom stereocenters. The van der Waals surface area contributed by atoms with E-state index in [1.54, 1.807) is 13.0 Å². The van der Waals surface area contributed by atoms with Gasteiger partial charge >= 0.3 is 5.97 Å². The van der Waals surface area contributed by atoms with E-state index < -0.39 is 16.0 Å². The van der Waals surface area contributed by atoms with Crippen LogP contribution in [0, 0.1) is 0 Å². The van der Waals surface area contributed by atoms with Crippen molar-refractivity contribution >= 4 is 21.7 Å². The number of hydrogen-bond acceptors (Lipinski definition) is 5. The molecule has 1 heterocycles. The minimum atomic E-state index is -3.94. The van der Waals surface area contributed by atoms with Crippen molar-refractivity contribution in [3.8, 4) is 5.88 Å². The van der Waals surface area contributed by atoms with Gasteiger partial charge in [0.25, 0.3) is 10.0 Å². The van der Waals surface area contributed by atoms with Gasteiger partial charge in [-0.15, -0.1) is 0 Å². The number of ether oxygens (including phenoxy) is 1. The number of anilines is 1. The molecular weight excluding hydrogens is 308 g/mol. The lowest BCUT2D eigenvalue weighted by Crippen LogP contribution is -2.15. The lowest BCUT2D eigenvalue weighted by molar-refractivity contribution is 0.0696. The smallest absolute Gasteiger partial charge is 0.335 e. The van der Waals surface area contributed by atoms with Crippen LogP contribution in [0.5, 0.6) is 5.88 Å². The van der Waals surface area contributed by atoms with Crippen LogP contribution in [0.4, 0.5) is 5.69 Å². The number of benzene rings is 1. The molecule has 0 aliphatic rings. The number of carboxylic acid groups (broad SMARTS) is 1. The molecule has 8 heteroatoms. The van der Waals surface area contributed by atoms with Crippen molar-refractivity contribution in [1.29, 1.82) is 0 Å². The number of nitrogens with one attached hydrogen (secondary N) is 1. The van der Waals surface area contributed by atoms with Gasteiger partial charge in [-0.25, -0.2) is 18.2 Å². The lowest BCUT2D eigenvalue weighted by atomic mass is 10.2. The van der Waals surface area contributed by atoms with Crippen molar-refractivity contribution < 1.29 is 23.1 Å². The average Bonchev–Trinajstić information content (AvgIpc) is 2.49. The molecule has 1 aromatic heterocycles. The zero-order valence-electron chi connectivity index (χ0n) is 11.7. The highest BCUT2D eigenvalue weighted by atomic mass is 32.2. The number of sulfonamides is 1. The summed E-state index contributed by atoms with van der Waals surface area (Å²) in [5.41, 5.74) is 0.0733. The fraction of sp³-hybridized carbons (Fsp3) is 0.143. The highest BCUT2D eigenvalue weighted by Gasteiger charge is 2.18. The molecule has 116 valence electrons. The standard InChI is InChI=1S/C14H14N2O5S/c1-2-21-13-12(7-4-8-15-13)16-22(19,20)11-6-3-5-10(9-11)14(17)18/h3-9,16H,2H2,1H3,(H,17,18). The second-order valence-corrected chi connectivity index (χ2v) is 5.91. The molecule has 0 atom stereocenters. The fourth-order valence-electron chi connectivity index (χ4n) is 1.72. The molecule has 0 radical (unpaired) electrons. The van der Waals surface area contributed by atoms with E-state index in [1.807, 2.05) is 0 Å². The van der Waals surface area contributed by atoms with E-state index in [1.165, 1.54) is 30.5 Å². The predicted molar refractivity (Wildman–Crippen MR) is 79.6 cm³/mol. The van der Waals surface area contributed by atoms with Crippen LogP contribution in [0.25, 0.3) is 0 Å². The van der Waals surface area contributed by atoms with E-state index in [9.17, 15) is 13.2 Å². The normalized spacial score (nSPS) is 11.0. The second kappa shape index (κ2) is 6.44. The lowest BCUT2D eigenvalue weighted by Gasteiger charge is -2.11. The molecule has 2 rings (SSSR count). The second-order valence-electron chi connectivity index (χ2n) is 4.23. The van der Waals surface area contributed by atoms with Crippen molar-refractivity contribution in [1.82, 2.24) is 4.98 Å². The Morgan fingerprint density at radius 1 is 1.32 bits per heavy atom. The van der Waals surface area contributed by atoms with Crippen LogP contribution in [-0.4, -0.2) is 31.1 Å². The van der Waals surface area contributed by atoms with Crippen LogP contribution >= 0.6 is 0 Å². The maximum atomic E-state index is 12.3. The van der Waals surface area contributed by atoms with Gasteiger partial charge in [0, 0.05) is 6.20 Å². The summed E-state index contributed by atoms with van der Waals surface area (Å²) in [6, 6.07) is 8.15. The van der Waals surface area contributed by atoms with Crippen molar-refractivity contribution in [2.75, 3.05) is 11.3 Å². The molecule has 0 saturated carbocycles. The zero-order valence-corrected chi connectivity index (χ0v) is 12.5. The Morgan fingerprint density at radius 3 is 2.77 bits per heavy atom. The van der Waals surface area contributed by atoms with Gasteiger partial charge in [-0.1, -0.05) is 6.07 Å². The van der Waals surface area contributed by atoms with E-state index in [0.717, 1.165) is 6.07 Å². The summed E-state index contributed by atoms with van der Waals surface area (Å²) in [4.78, 5) is 14.7. The van der Waals surface area contributed by atoms with Crippen LogP contribution in [0.1, 0.15) is 17.3 Å². The molecule has 2 aromatic rings. The first kappa shape index (κ1) is 15.8. The van der Waals surface area contributed by atoms with Crippen LogP contribution in [0.15, 0.2) is 47.5 Å². The highest BCUT2D eigenvalue weighted by Crippen LogP contribution is 2.24. The van der Waals surface area contributed by atoms with Crippen LogP contribution in [-0.2, 0) is 10.0 Å². The van der Waals surface area contributed by atoms with Gasteiger partial charge in [-0.2, -0.15) is 0 Å². The minimum absolute atomic E-state index is 0.112. The van der Waals surface area contributed by atoms with E-state index in [0.29, 0.717) is 6.61 Å². The molecule has 7 nitrogen and oxygen atoms in total. The van der Waals surface area contributed by atoms with E-state index in [4.69, 9.17) is 9.84 Å². The van der Waals surface area contributed by atoms with Crippen molar-refractivity contribution in [3.63, 3.8) is 0 Å². The SMILES string of the molecule is CCOc1ncccc1NS(=O)(=O)c1cccc(C(=O)O)c1. The molecule has 0 aliphatic heterocycles. The fourth-order valence-corrected chi connectivity index (χ4v) is 2.82. The molecule has 0 amide bonds. The number of pyridine rings is 1. The Labute approximate surface area is 127 Å². The van der Waals surface area contributed by atoms with E-state index in [2.05, 4.69) is 9.71 Å². The van der Waals surface area contributed by atoms with Gasteiger partial charge in [0.15, 0.2) is 0 Å².